The van der Waals surface area contributed by atoms with Crippen LogP contribution in [0.2, 0.25) is 0 Å². The van der Waals surface area contributed by atoms with E-state index in [0.717, 1.165) is 17.7 Å². The van der Waals surface area contributed by atoms with Crippen LogP contribution in [0.3, 0.4) is 0 Å². The summed E-state index contributed by atoms with van der Waals surface area (Å²) in [6.45, 7) is 5.71. The Balaban J connectivity index is 2.66. The molecule has 0 amide bonds. The van der Waals surface area contributed by atoms with Gasteiger partial charge in [0.25, 0.3) is 0 Å². The van der Waals surface area contributed by atoms with Gasteiger partial charge < -0.3 is 4.74 Å². The smallest absolute Gasteiger partial charge is 0.121 e. The average molecular weight is 232 g/mol. The predicted octanol–water partition coefficient (Wildman–Crippen LogP) is 2.64. The summed E-state index contributed by atoms with van der Waals surface area (Å²) in [6.07, 6.45) is 0. The summed E-state index contributed by atoms with van der Waals surface area (Å²) in [5.41, 5.74) is 2.13. The van der Waals surface area contributed by atoms with Crippen molar-refractivity contribution in [3.8, 4) is 6.07 Å². The van der Waals surface area contributed by atoms with Crippen LogP contribution < -0.4 is 5.32 Å². The van der Waals surface area contributed by atoms with Crippen molar-refractivity contribution in [2.24, 2.45) is 5.92 Å². The highest BCUT2D eigenvalue weighted by atomic mass is 16.5. The molecule has 0 spiro atoms. The van der Waals surface area contributed by atoms with Crippen LogP contribution in [0.25, 0.3) is 0 Å². The number of nitrogens with zero attached hydrogens (tertiary/aromatic N) is 1. The Morgan fingerprint density at radius 1 is 1.29 bits per heavy atom. The fourth-order valence-electron chi connectivity index (χ4n) is 1.56. The maximum atomic E-state index is 9.13. The lowest BCUT2D eigenvalue weighted by atomic mass is 10.1. The van der Waals surface area contributed by atoms with E-state index in [4.69, 9.17) is 10.00 Å². The number of rotatable bonds is 6. The van der Waals surface area contributed by atoms with E-state index in [0.29, 0.717) is 12.5 Å². The lowest BCUT2D eigenvalue weighted by Crippen LogP contribution is -2.24. The van der Waals surface area contributed by atoms with Gasteiger partial charge in [0.1, 0.15) is 6.04 Å². The van der Waals surface area contributed by atoms with Crippen LogP contribution in [0, 0.1) is 17.2 Å². The third-order valence-corrected chi connectivity index (χ3v) is 2.48. The second-order valence-corrected chi connectivity index (χ2v) is 4.54. The fourth-order valence-corrected chi connectivity index (χ4v) is 1.56. The summed E-state index contributed by atoms with van der Waals surface area (Å²) in [5, 5.41) is 12.4. The largest absolute Gasteiger partial charge is 0.380 e. The third-order valence-electron chi connectivity index (χ3n) is 2.48. The molecule has 17 heavy (non-hydrogen) atoms. The van der Waals surface area contributed by atoms with Crippen LogP contribution in [0.4, 0.5) is 0 Å². The molecule has 0 saturated carbocycles. The Morgan fingerprint density at radius 2 is 1.94 bits per heavy atom. The molecule has 0 aliphatic heterocycles. The topological polar surface area (TPSA) is 45.0 Å². The minimum Gasteiger partial charge on any atom is -0.380 e. The van der Waals surface area contributed by atoms with Gasteiger partial charge in [0.05, 0.1) is 12.7 Å². The van der Waals surface area contributed by atoms with E-state index in [9.17, 15) is 0 Å². The lowest BCUT2D eigenvalue weighted by molar-refractivity contribution is 0.185. The molecular formula is C14H20N2O. The molecule has 3 nitrogen and oxygen atoms in total. The van der Waals surface area contributed by atoms with Crippen molar-refractivity contribution in [2.45, 2.75) is 26.5 Å². The average Bonchev–Trinajstić information content (AvgIpc) is 2.32. The number of methoxy groups -OCH3 is 1. The number of benzene rings is 1. The van der Waals surface area contributed by atoms with E-state index in [-0.39, 0.29) is 6.04 Å². The van der Waals surface area contributed by atoms with Crippen LogP contribution in [0.5, 0.6) is 0 Å². The first-order valence-corrected chi connectivity index (χ1v) is 5.88. The summed E-state index contributed by atoms with van der Waals surface area (Å²) in [5.74, 6) is 0.540. The Labute approximate surface area is 103 Å². The van der Waals surface area contributed by atoms with E-state index in [1.165, 1.54) is 0 Å². The molecular weight excluding hydrogens is 212 g/mol. The van der Waals surface area contributed by atoms with Crippen LogP contribution in [0.15, 0.2) is 24.3 Å². The molecule has 0 radical (unpaired) electrons. The number of ether oxygens (including phenoxy) is 1. The molecule has 1 aromatic carbocycles. The van der Waals surface area contributed by atoms with Gasteiger partial charge in [-0.2, -0.15) is 5.26 Å². The van der Waals surface area contributed by atoms with Crippen molar-refractivity contribution < 1.29 is 4.74 Å². The molecule has 0 aliphatic rings. The molecule has 0 bridgehead atoms. The Kier molecular flexibility index (Phi) is 5.68. The third kappa shape index (κ3) is 4.56. The van der Waals surface area contributed by atoms with Crippen LogP contribution in [0.1, 0.15) is 31.0 Å². The quantitative estimate of drug-likeness (QED) is 0.820. The van der Waals surface area contributed by atoms with Gasteiger partial charge in [0, 0.05) is 7.11 Å². The number of nitrogens with one attached hydrogen (secondary N) is 1. The maximum Gasteiger partial charge on any atom is 0.121 e. The molecule has 3 heteroatoms. The van der Waals surface area contributed by atoms with E-state index < -0.39 is 0 Å². The maximum absolute atomic E-state index is 9.13. The summed E-state index contributed by atoms with van der Waals surface area (Å²) >= 11 is 0. The highest BCUT2D eigenvalue weighted by Gasteiger charge is 2.09. The molecule has 0 aliphatic carbocycles. The summed E-state index contributed by atoms with van der Waals surface area (Å²) in [6, 6.07) is 10.0. The van der Waals surface area contributed by atoms with Gasteiger partial charge in [-0.1, -0.05) is 38.1 Å². The predicted molar refractivity (Wildman–Crippen MR) is 68.3 cm³/mol. The van der Waals surface area contributed by atoms with Gasteiger partial charge in [0.15, 0.2) is 0 Å². The molecule has 0 saturated heterocycles. The molecule has 1 aromatic rings. The zero-order valence-electron chi connectivity index (χ0n) is 10.7. The summed E-state index contributed by atoms with van der Waals surface area (Å²) in [4.78, 5) is 0. The van der Waals surface area contributed by atoms with Crippen molar-refractivity contribution in [3.05, 3.63) is 35.4 Å². The second kappa shape index (κ2) is 7.05. The van der Waals surface area contributed by atoms with Crippen molar-refractivity contribution >= 4 is 0 Å². The van der Waals surface area contributed by atoms with Gasteiger partial charge >= 0.3 is 0 Å². The van der Waals surface area contributed by atoms with Crippen molar-refractivity contribution in [3.63, 3.8) is 0 Å². The van der Waals surface area contributed by atoms with E-state index >= 15 is 0 Å². The van der Waals surface area contributed by atoms with Crippen LogP contribution >= 0.6 is 0 Å². The number of nitriles is 1. The Morgan fingerprint density at radius 3 is 2.41 bits per heavy atom. The first kappa shape index (κ1) is 13.7. The molecule has 0 aromatic heterocycles. The minimum atomic E-state index is -0.228. The molecule has 1 rings (SSSR count). The van der Waals surface area contributed by atoms with Crippen molar-refractivity contribution in [1.29, 1.82) is 5.26 Å². The van der Waals surface area contributed by atoms with Gasteiger partial charge in [-0.05, 0) is 23.6 Å². The summed E-state index contributed by atoms with van der Waals surface area (Å²) < 4.78 is 5.05. The minimum absolute atomic E-state index is 0.228. The molecule has 1 unspecified atom stereocenters. The monoisotopic (exact) mass is 232 g/mol. The van der Waals surface area contributed by atoms with Gasteiger partial charge in [-0.15, -0.1) is 0 Å². The van der Waals surface area contributed by atoms with Crippen LogP contribution in [-0.4, -0.2) is 13.7 Å². The highest BCUT2D eigenvalue weighted by Crippen LogP contribution is 2.14. The molecule has 0 heterocycles. The number of hydrogen-bond donors (Lipinski definition) is 1. The Hall–Kier alpha value is -1.37. The second-order valence-electron chi connectivity index (χ2n) is 4.54. The summed E-state index contributed by atoms with van der Waals surface area (Å²) in [7, 11) is 1.68. The molecule has 1 atom stereocenters. The van der Waals surface area contributed by atoms with E-state index in [2.05, 4.69) is 25.2 Å². The lowest BCUT2D eigenvalue weighted by Gasteiger charge is -2.14. The van der Waals surface area contributed by atoms with Crippen molar-refractivity contribution in [1.82, 2.24) is 5.32 Å². The first-order valence-electron chi connectivity index (χ1n) is 5.88. The Bertz CT molecular complexity index is 365. The standard InChI is InChI=1S/C14H20N2O/c1-11(2)9-16-14(8-15)13-6-4-12(5-7-13)10-17-3/h4-7,11,14,16H,9-10H2,1-3H3. The number of hydrogen-bond acceptors (Lipinski definition) is 3. The molecule has 1 N–H and O–H groups in total. The van der Waals surface area contributed by atoms with E-state index in [1.54, 1.807) is 7.11 Å². The van der Waals surface area contributed by atoms with Crippen LogP contribution in [-0.2, 0) is 11.3 Å². The highest BCUT2D eigenvalue weighted by molar-refractivity contribution is 5.28. The van der Waals surface area contributed by atoms with Gasteiger partial charge in [-0.25, -0.2) is 0 Å². The first-order chi connectivity index (χ1) is 8.17. The SMILES string of the molecule is COCc1ccc(C(C#N)NCC(C)C)cc1. The van der Waals surface area contributed by atoms with Crippen molar-refractivity contribution in [2.75, 3.05) is 13.7 Å². The fraction of sp³-hybridized carbons (Fsp3) is 0.500. The molecule has 92 valence electrons. The zero-order chi connectivity index (χ0) is 12.7. The van der Waals surface area contributed by atoms with Gasteiger partial charge in [-0.3, -0.25) is 5.32 Å². The zero-order valence-corrected chi connectivity index (χ0v) is 10.7. The normalized spacial score (nSPS) is 12.4. The van der Waals surface area contributed by atoms with E-state index in [1.807, 2.05) is 24.3 Å². The van der Waals surface area contributed by atoms with Gasteiger partial charge in [0.2, 0.25) is 0 Å². The molecule has 0 fully saturated rings.